The van der Waals surface area contributed by atoms with Crippen LogP contribution in [0.1, 0.15) is 35.7 Å². The minimum absolute atomic E-state index is 0.0491. The highest BCUT2D eigenvalue weighted by atomic mass is 32.1. The number of carbonyl (C=O) groups is 1. The number of aryl methyl sites for hydroxylation is 1. The summed E-state index contributed by atoms with van der Waals surface area (Å²) in [6, 6.07) is 6.23. The minimum atomic E-state index is -0.346. The Morgan fingerprint density at radius 1 is 1.45 bits per heavy atom. The van der Waals surface area contributed by atoms with Crippen LogP contribution in [0.5, 0.6) is 0 Å². The Kier molecular flexibility index (Phi) is 4.84. The lowest BCUT2D eigenvalue weighted by molar-refractivity contribution is -0.121. The van der Waals surface area contributed by atoms with Crippen LogP contribution in [0.4, 0.5) is 4.39 Å². The first-order valence-electron chi connectivity index (χ1n) is 6.55. The second-order valence-electron chi connectivity index (χ2n) is 4.62. The van der Waals surface area contributed by atoms with E-state index < -0.39 is 0 Å². The van der Waals surface area contributed by atoms with Gasteiger partial charge in [0, 0.05) is 11.1 Å². The molecule has 3 nitrogen and oxygen atoms in total. The van der Waals surface area contributed by atoms with Crippen molar-refractivity contribution < 1.29 is 9.18 Å². The molecule has 0 saturated carbocycles. The Morgan fingerprint density at radius 3 is 2.80 bits per heavy atom. The van der Waals surface area contributed by atoms with Gasteiger partial charge in [-0.25, -0.2) is 9.37 Å². The van der Waals surface area contributed by atoms with Crippen molar-refractivity contribution in [1.82, 2.24) is 10.3 Å². The first kappa shape index (κ1) is 14.7. The second-order valence-corrected chi connectivity index (χ2v) is 5.51. The summed E-state index contributed by atoms with van der Waals surface area (Å²) in [5.74, 6) is -0.532. The van der Waals surface area contributed by atoms with Gasteiger partial charge in [-0.15, -0.1) is 11.3 Å². The van der Waals surface area contributed by atoms with Crippen LogP contribution in [0.3, 0.4) is 0 Å². The van der Waals surface area contributed by atoms with Crippen LogP contribution in [0.2, 0.25) is 0 Å². The van der Waals surface area contributed by atoms with Gasteiger partial charge in [-0.3, -0.25) is 4.79 Å². The van der Waals surface area contributed by atoms with Crippen LogP contribution >= 0.6 is 11.3 Å². The first-order chi connectivity index (χ1) is 9.60. The molecular weight excluding hydrogens is 275 g/mol. The third kappa shape index (κ3) is 3.63. The van der Waals surface area contributed by atoms with Crippen molar-refractivity contribution in [2.24, 2.45) is 0 Å². The number of nitrogens with zero attached hydrogens (tertiary/aromatic N) is 1. The Hall–Kier alpha value is -1.75. The van der Waals surface area contributed by atoms with E-state index in [4.69, 9.17) is 0 Å². The van der Waals surface area contributed by atoms with Gasteiger partial charge < -0.3 is 5.32 Å². The van der Waals surface area contributed by atoms with Crippen molar-refractivity contribution in [2.75, 3.05) is 0 Å². The van der Waals surface area contributed by atoms with Crippen molar-refractivity contribution in [2.45, 2.75) is 32.7 Å². The van der Waals surface area contributed by atoms with Gasteiger partial charge in [-0.1, -0.05) is 25.1 Å². The summed E-state index contributed by atoms with van der Waals surface area (Å²) < 4.78 is 13.5. The van der Waals surface area contributed by atoms with Crippen molar-refractivity contribution in [3.8, 4) is 0 Å². The predicted molar refractivity (Wildman–Crippen MR) is 78.1 cm³/mol. The predicted octanol–water partition coefficient (Wildman–Crippen LogP) is 3.40. The number of carbonyl (C=O) groups excluding carboxylic acids is 1. The van der Waals surface area contributed by atoms with Crippen LogP contribution in [-0.4, -0.2) is 10.9 Å². The molecule has 1 heterocycles. The summed E-state index contributed by atoms with van der Waals surface area (Å²) in [4.78, 5) is 16.4. The fourth-order valence-corrected chi connectivity index (χ4v) is 2.86. The summed E-state index contributed by atoms with van der Waals surface area (Å²) in [5, 5.41) is 5.77. The molecule has 0 aliphatic rings. The maximum atomic E-state index is 13.5. The molecule has 5 heteroatoms. The van der Waals surface area contributed by atoms with E-state index >= 15 is 0 Å². The van der Waals surface area contributed by atoms with Gasteiger partial charge in [0.15, 0.2) is 0 Å². The smallest absolute Gasteiger partial charge is 0.225 e. The number of aromatic nitrogens is 1. The summed E-state index contributed by atoms with van der Waals surface area (Å²) in [6.45, 7) is 3.92. The second kappa shape index (κ2) is 6.61. The highest BCUT2D eigenvalue weighted by Gasteiger charge is 2.16. The van der Waals surface area contributed by atoms with E-state index in [9.17, 15) is 9.18 Å². The maximum absolute atomic E-state index is 13.5. The molecule has 0 aliphatic carbocycles. The molecule has 106 valence electrons. The zero-order valence-corrected chi connectivity index (χ0v) is 12.3. The number of halogens is 1. The zero-order valence-electron chi connectivity index (χ0n) is 11.5. The number of hydrogen-bond donors (Lipinski definition) is 1. The van der Waals surface area contributed by atoms with Crippen LogP contribution in [0.15, 0.2) is 29.6 Å². The van der Waals surface area contributed by atoms with Gasteiger partial charge in [0.05, 0.1) is 12.5 Å². The summed E-state index contributed by atoms with van der Waals surface area (Å²) >= 11 is 1.53. The molecule has 20 heavy (non-hydrogen) atoms. The fraction of sp³-hybridized carbons (Fsp3) is 0.333. The topological polar surface area (TPSA) is 42.0 Å². The molecule has 0 unspecified atom stereocenters. The molecule has 1 amide bonds. The Morgan fingerprint density at radius 2 is 2.20 bits per heavy atom. The molecule has 1 atom stereocenters. The number of nitrogens with one attached hydrogen (secondary N) is 1. The van der Waals surface area contributed by atoms with Crippen LogP contribution < -0.4 is 5.32 Å². The van der Waals surface area contributed by atoms with Crippen molar-refractivity contribution in [1.29, 1.82) is 0 Å². The number of rotatable bonds is 5. The molecule has 0 bridgehead atoms. The van der Waals surface area contributed by atoms with Crippen molar-refractivity contribution in [3.63, 3.8) is 0 Å². The van der Waals surface area contributed by atoms with E-state index in [-0.39, 0.29) is 24.2 Å². The number of hydrogen-bond acceptors (Lipinski definition) is 3. The molecule has 0 aliphatic heterocycles. The van der Waals surface area contributed by atoms with E-state index in [1.54, 1.807) is 18.2 Å². The SMILES string of the molecule is CC[C@@H](NC(=O)Cc1ccccc1F)c1nc(C)cs1. The normalized spacial score (nSPS) is 12.2. The van der Waals surface area contributed by atoms with Gasteiger partial charge in [-0.05, 0) is 25.0 Å². The summed E-state index contributed by atoms with van der Waals surface area (Å²) in [5.41, 5.74) is 1.36. The lowest BCUT2D eigenvalue weighted by atomic mass is 10.1. The highest BCUT2D eigenvalue weighted by molar-refractivity contribution is 7.09. The number of amides is 1. The third-order valence-electron chi connectivity index (χ3n) is 2.99. The summed E-state index contributed by atoms with van der Waals surface area (Å²) in [6.07, 6.45) is 0.809. The quantitative estimate of drug-likeness (QED) is 0.917. The average Bonchev–Trinajstić information content (AvgIpc) is 2.85. The summed E-state index contributed by atoms with van der Waals surface area (Å²) in [7, 11) is 0. The molecule has 2 rings (SSSR count). The molecule has 1 N–H and O–H groups in total. The number of benzene rings is 1. The Bertz CT molecular complexity index is 597. The minimum Gasteiger partial charge on any atom is -0.347 e. The van der Waals surface area contributed by atoms with Gasteiger partial charge in [0.2, 0.25) is 5.91 Å². The zero-order chi connectivity index (χ0) is 14.5. The van der Waals surface area contributed by atoms with Crippen LogP contribution in [0.25, 0.3) is 0 Å². The maximum Gasteiger partial charge on any atom is 0.225 e. The Balaban J connectivity index is 2.01. The van der Waals surface area contributed by atoms with E-state index in [1.807, 2.05) is 19.2 Å². The van der Waals surface area contributed by atoms with E-state index in [0.29, 0.717) is 5.56 Å². The van der Waals surface area contributed by atoms with Gasteiger partial charge in [0.1, 0.15) is 10.8 Å². The number of thiazole rings is 1. The van der Waals surface area contributed by atoms with E-state index in [2.05, 4.69) is 10.3 Å². The van der Waals surface area contributed by atoms with Gasteiger partial charge >= 0.3 is 0 Å². The largest absolute Gasteiger partial charge is 0.347 e. The van der Waals surface area contributed by atoms with Crippen molar-refractivity contribution in [3.05, 3.63) is 51.7 Å². The Labute approximate surface area is 121 Å². The molecule has 0 saturated heterocycles. The lowest BCUT2D eigenvalue weighted by Crippen LogP contribution is -2.29. The molecule has 2 aromatic rings. The van der Waals surface area contributed by atoms with E-state index in [1.165, 1.54) is 17.4 Å². The average molecular weight is 292 g/mol. The molecule has 0 radical (unpaired) electrons. The highest BCUT2D eigenvalue weighted by Crippen LogP contribution is 2.21. The van der Waals surface area contributed by atoms with Gasteiger partial charge in [0.25, 0.3) is 0 Å². The molecule has 1 aromatic heterocycles. The lowest BCUT2D eigenvalue weighted by Gasteiger charge is -2.14. The third-order valence-corrected chi connectivity index (χ3v) is 4.06. The molecule has 0 spiro atoms. The van der Waals surface area contributed by atoms with Crippen LogP contribution in [0, 0.1) is 12.7 Å². The van der Waals surface area contributed by atoms with Gasteiger partial charge in [-0.2, -0.15) is 0 Å². The van der Waals surface area contributed by atoms with E-state index in [0.717, 1.165) is 17.1 Å². The first-order valence-corrected chi connectivity index (χ1v) is 7.43. The fourth-order valence-electron chi connectivity index (χ4n) is 1.93. The monoisotopic (exact) mass is 292 g/mol. The van der Waals surface area contributed by atoms with Crippen molar-refractivity contribution >= 4 is 17.2 Å². The molecule has 1 aromatic carbocycles. The standard InChI is InChI=1S/C15H17FN2OS/c1-3-13(15-17-10(2)9-20-15)18-14(19)8-11-6-4-5-7-12(11)16/h4-7,9,13H,3,8H2,1-2H3,(H,18,19)/t13-/m1/s1. The molecular formula is C15H17FN2OS. The molecule has 0 fully saturated rings. The van der Waals surface area contributed by atoms with Crippen LogP contribution in [-0.2, 0) is 11.2 Å².